The monoisotopic (exact) mass is 214 g/mol. The van der Waals surface area contributed by atoms with Gasteiger partial charge in [0.2, 0.25) is 0 Å². The molecule has 0 spiro atoms. The van der Waals surface area contributed by atoms with Gasteiger partial charge in [0.25, 0.3) is 0 Å². The van der Waals surface area contributed by atoms with Gasteiger partial charge in [-0.05, 0) is 38.8 Å². The Bertz CT molecular complexity index is 429. The molecule has 1 unspecified atom stereocenters. The first kappa shape index (κ1) is 11.0. The predicted octanol–water partition coefficient (Wildman–Crippen LogP) is 3.12. The highest BCUT2D eigenvalue weighted by atomic mass is 15.2. The van der Waals surface area contributed by atoms with Crippen molar-refractivity contribution in [3.63, 3.8) is 0 Å². The van der Waals surface area contributed by atoms with Gasteiger partial charge in [0.15, 0.2) is 0 Å². The SMILES string of the molecule is Cc1ccccc1N1CCC(C#N)C1(C)C. The Morgan fingerprint density at radius 3 is 2.62 bits per heavy atom. The second-order valence-corrected chi connectivity index (χ2v) is 5.06. The second-order valence-electron chi connectivity index (χ2n) is 5.06. The second kappa shape index (κ2) is 3.83. The third-order valence-electron chi connectivity index (χ3n) is 3.75. The van der Waals surface area contributed by atoms with Gasteiger partial charge in [-0.1, -0.05) is 18.2 Å². The highest BCUT2D eigenvalue weighted by Crippen LogP contribution is 2.38. The van der Waals surface area contributed by atoms with E-state index in [1.54, 1.807) is 0 Å². The summed E-state index contributed by atoms with van der Waals surface area (Å²) < 4.78 is 0. The van der Waals surface area contributed by atoms with E-state index < -0.39 is 0 Å². The highest BCUT2D eigenvalue weighted by molar-refractivity contribution is 5.56. The van der Waals surface area contributed by atoms with Crippen LogP contribution in [0, 0.1) is 24.2 Å². The van der Waals surface area contributed by atoms with Crippen molar-refractivity contribution in [1.29, 1.82) is 5.26 Å². The molecule has 84 valence electrons. The summed E-state index contributed by atoms with van der Waals surface area (Å²) in [5.41, 5.74) is 2.50. The molecule has 1 aliphatic heterocycles. The van der Waals surface area contributed by atoms with Gasteiger partial charge in [0.05, 0.1) is 17.5 Å². The number of rotatable bonds is 1. The van der Waals surface area contributed by atoms with Crippen LogP contribution < -0.4 is 4.90 Å². The minimum Gasteiger partial charge on any atom is -0.365 e. The van der Waals surface area contributed by atoms with Crippen molar-refractivity contribution in [3.8, 4) is 6.07 Å². The lowest BCUT2D eigenvalue weighted by atomic mass is 9.89. The molecule has 2 rings (SSSR count). The molecule has 16 heavy (non-hydrogen) atoms. The van der Waals surface area contributed by atoms with Crippen molar-refractivity contribution in [2.75, 3.05) is 11.4 Å². The summed E-state index contributed by atoms with van der Waals surface area (Å²) in [5, 5.41) is 9.16. The smallest absolute Gasteiger partial charge is 0.0706 e. The molecule has 2 nitrogen and oxygen atoms in total. The highest BCUT2D eigenvalue weighted by Gasteiger charge is 2.41. The van der Waals surface area contributed by atoms with Gasteiger partial charge in [0, 0.05) is 12.2 Å². The lowest BCUT2D eigenvalue weighted by Gasteiger charge is -2.36. The molecular weight excluding hydrogens is 196 g/mol. The molecule has 0 bridgehead atoms. The number of aryl methyl sites for hydroxylation is 1. The van der Waals surface area contributed by atoms with Crippen molar-refractivity contribution >= 4 is 5.69 Å². The molecule has 0 aromatic heterocycles. The largest absolute Gasteiger partial charge is 0.365 e. The number of para-hydroxylation sites is 1. The molecule has 0 radical (unpaired) electrons. The van der Waals surface area contributed by atoms with Gasteiger partial charge in [-0.25, -0.2) is 0 Å². The van der Waals surface area contributed by atoms with E-state index in [9.17, 15) is 0 Å². The van der Waals surface area contributed by atoms with Crippen molar-refractivity contribution in [2.45, 2.75) is 32.7 Å². The molecule has 2 heteroatoms. The van der Waals surface area contributed by atoms with Crippen LogP contribution in [0.2, 0.25) is 0 Å². The van der Waals surface area contributed by atoms with E-state index in [2.05, 4.69) is 56.0 Å². The molecule has 0 aliphatic carbocycles. The van der Waals surface area contributed by atoms with Crippen LogP contribution in [0.5, 0.6) is 0 Å². The number of nitriles is 1. The van der Waals surface area contributed by atoms with E-state index in [0.717, 1.165) is 13.0 Å². The quantitative estimate of drug-likeness (QED) is 0.718. The van der Waals surface area contributed by atoms with Gasteiger partial charge in [-0.3, -0.25) is 0 Å². The van der Waals surface area contributed by atoms with Crippen LogP contribution in [0.25, 0.3) is 0 Å². The zero-order chi connectivity index (χ0) is 11.8. The first-order chi connectivity index (χ1) is 7.57. The molecule has 1 aromatic rings. The fraction of sp³-hybridized carbons (Fsp3) is 0.500. The summed E-state index contributed by atoms with van der Waals surface area (Å²) in [5.74, 6) is 0.132. The summed E-state index contributed by atoms with van der Waals surface area (Å²) >= 11 is 0. The maximum absolute atomic E-state index is 9.16. The minimum absolute atomic E-state index is 0.0547. The van der Waals surface area contributed by atoms with Crippen molar-refractivity contribution in [1.82, 2.24) is 0 Å². The van der Waals surface area contributed by atoms with E-state index in [0.29, 0.717) is 0 Å². The fourth-order valence-corrected chi connectivity index (χ4v) is 2.61. The van der Waals surface area contributed by atoms with Crippen LogP contribution in [0.4, 0.5) is 5.69 Å². The fourth-order valence-electron chi connectivity index (χ4n) is 2.61. The van der Waals surface area contributed by atoms with Gasteiger partial charge >= 0.3 is 0 Å². The lowest BCUT2D eigenvalue weighted by Crippen LogP contribution is -2.42. The van der Waals surface area contributed by atoms with Crippen LogP contribution in [0.1, 0.15) is 25.8 Å². The van der Waals surface area contributed by atoms with E-state index >= 15 is 0 Å². The Balaban J connectivity index is 2.38. The van der Waals surface area contributed by atoms with Gasteiger partial charge in [0.1, 0.15) is 0 Å². The maximum Gasteiger partial charge on any atom is 0.0706 e. The Labute approximate surface area is 97.5 Å². The summed E-state index contributed by atoms with van der Waals surface area (Å²) in [6.07, 6.45) is 0.970. The van der Waals surface area contributed by atoms with Crippen LogP contribution in [0.15, 0.2) is 24.3 Å². The zero-order valence-electron chi connectivity index (χ0n) is 10.2. The predicted molar refractivity (Wildman–Crippen MR) is 66.3 cm³/mol. The van der Waals surface area contributed by atoms with Crippen molar-refractivity contribution < 1.29 is 0 Å². The van der Waals surface area contributed by atoms with E-state index in [1.165, 1.54) is 11.3 Å². The van der Waals surface area contributed by atoms with Crippen LogP contribution in [-0.4, -0.2) is 12.1 Å². The molecule has 1 atom stereocenters. The van der Waals surface area contributed by atoms with Gasteiger partial charge < -0.3 is 4.90 Å². The number of hydrogen-bond donors (Lipinski definition) is 0. The number of anilines is 1. The Morgan fingerprint density at radius 1 is 1.38 bits per heavy atom. The summed E-state index contributed by atoms with van der Waals surface area (Å²) in [6, 6.07) is 10.8. The van der Waals surface area contributed by atoms with Crippen molar-refractivity contribution in [2.24, 2.45) is 5.92 Å². The van der Waals surface area contributed by atoms with E-state index in [4.69, 9.17) is 5.26 Å². The topological polar surface area (TPSA) is 27.0 Å². The standard InChI is InChI=1S/C14H18N2/c1-11-6-4-5-7-13(11)16-9-8-12(10-15)14(16,2)3/h4-7,12H,8-9H2,1-3H3. The zero-order valence-corrected chi connectivity index (χ0v) is 10.2. The van der Waals surface area contributed by atoms with Crippen LogP contribution in [0.3, 0.4) is 0 Å². The van der Waals surface area contributed by atoms with Gasteiger partial charge in [-0.15, -0.1) is 0 Å². The van der Waals surface area contributed by atoms with Crippen LogP contribution >= 0.6 is 0 Å². The molecule has 0 saturated carbocycles. The first-order valence-electron chi connectivity index (χ1n) is 5.80. The van der Waals surface area contributed by atoms with E-state index in [1.807, 2.05) is 0 Å². The number of hydrogen-bond acceptors (Lipinski definition) is 2. The molecule has 1 fully saturated rings. The first-order valence-corrected chi connectivity index (χ1v) is 5.80. The normalized spacial score (nSPS) is 23.1. The summed E-state index contributed by atoms with van der Waals surface area (Å²) in [6.45, 7) is 7.45. The Kier molecular flexibility index (Phi) is 2.63. The molecule has 1 aliphatic rings. The molecular formula is C14H18N2. The number of nitrogens with zero attached hydrogens (tertiary/aromatic N) is 2. The average molecular weight is 214 g/mol. The molecule has 1 heterocycles. The molecule has 1 aromatic carbocycles. The number of benzene rings is 1. The Morgan fingerprint density at radius 2 is 2.06 bits per heavy atom. The average Bonchev–Trinajstić information content (AvgIpc) is 2.54. The third-order valence-corrected chi connectivity index (χ3v) is 3.75. The summed E-state index contributed by atoms with van der Waals surface area (Å²) in [4.78, 5) is 2.37. The molecule has 0 amide bonds. The molecule has 1 saturated heterocycles. The molecule has 0 N–H and O–H groups in total. The third kappa shape index (κ3) is 1.57. The lowest BCUT2D eigenvalue weighted by molar-refractivity contribution is 0.438. The minimum atomic E-state index is -0.0547. The van der Waals surface area contributed by atoms with Crippen LogP contribution in [-0.2, 0) is 0 Å². The van der Waals surface area contributed by atoms with Gasteiger partial charge in [-0.2, -0.15) is 5.26 Å². The summed E-state index contributed by atoms with van der Waals surface area (Å²) in [7, 11) is 0. The van der Waals surface area contributed by atoms with Crippen molar-refractivity contribution in [3.05, 3.63) is 29.8 Å². The Hall–Kier alpha value is -1.49. The maximum atomic E-state index is 9.16. The van der Waals surface area contributed by atoms with E-state index in [-0.39, 0.29) is 11.5 Å².